The van der Waals surface area contributed by atoms with Crippen molar-refractivity contribution in [3.05, 3.63) is 52.9 Å². The van der Waals surface area contributed by atoms with Crippen molar-refractivity contribution in [2.75, 3.05) is 18.0 Å². The highest BCUT2D eigenvalue weighted by Crippen LogP contribution is 2.47. The van der Waals surface area contributed by atoms with E-state index in [0.717, 1.165) is 43.3 Å². The lowest BCUT2D eigenvalue weighted by Crippen LogP contribution is -2.42. The molecule has 0 radical (unpaired) electrons. The van der Waals surface area contributed by atoms with Crippen LogP contribution in [0.1, 0.15) is 70.2 Å². The van der Waals surface area contributed by atoms with Crippen LogP contribution in [0.5, 0.6) is 0 Å². The first-order chi connectivity index (χ1) is 15.7. The lowest BCUT2D eigenvalue weighted by molar-refractivity contribution is 0.332. The maximum atomic E-state index is 5.07. The molecular formula is C27H37N5S. The predicted octanol–water partition coefficient (Wildman–Crippen LogP) is 5.65. The Bertz CT molecular complexity index is 1120. The van der Waals surface area contributed by atoms with E-state index >= 15 is 0 Å². The lowest BCUT2D eigenvalue weighted by atomic mass is 9.63. The van der Waals surface area contributed by atoms with Gasteiger partial charge >= 0.3 is 0 Å². The average Bonchev–Trinajstić information content (AvgIpc) is 3.45. The van der Waals surface area contributed by atoms with Crippen molar-refractivity contribution in [3.63, 3.8) is 0 Å². The minimum absolute atomic E-state index is 0.226. The summed E-state index contributed by atoms with van der Waals surface area (Å²) in [6, 6.07) is 7.63. The highest BCUT2D eigenvalue weighted by atomic mass is 32.1. The van der Waals surface area contributed by atoms with Gasteiger partial charge in [0.2, 0.25) is 0 Å². The maximum Gasteiger partial charge on any atom is 0.185 e. The van der Waals surface area contributed by atoms with Crippen LogP contribution in [-0.2, 0) is 24.4 Å². The number of piperidine rings is 1. The van der Waals surface area contributed by atoms with Crippen LogP contribution in [0.3, 0.4) is 0 Å². The van der Waals surface area contributed by atoms with Gasteiger partial charge in [-0.15, -0.1) is 11.3 Å². The number of nitrogens with zero attached hydrogens (tertiary/aromatic N) is 4. The number of hydrogen-bond donors (Lipinski definition) is 1. The molecule has 33 heavy (non-hydrogen) atoms. The van der Waals surface area contributed by atoms with Gasteiger partial charge in [-0.1, -0.05) is 39.8 Å². The zero-order valence-electron chi connectivity index (χ0n) is 20.7. The van der Waals surface area contributed by atoms with Crippen LogP contribution in [0.4, 0.5) is 5.13 Å². The summed E-state index contributed by atoms with van der Waals surface area (Å²) in [5.41, 5.74) is 7.11. The van der Waals surface area contributed by atoms with E-state index in [4.69, 9.17) is 4.98 Å². The molecule has 0 unspecified atom stereocenters. The van der Waals surface area contributed by atoms with Crippen molar-refractivity contribution in [1.29, 1.82) is 0 Å². The predicted molar refractivity (Wildman–Crippen MR) is 138 cm³/mol. The van der Waals surface area contributed by atoms with Gasteiger partial charge < -0.3 is 14.8 Å². The van der Waals surface area contributed by atoms with E-state index in [9.17, 15) is 0 Å². The topological polar surface area (TPSA) is 46.0 Å². The van der Waals surface area contributed by atoms with Crippen LogP contribution in [0.25, 0.3) is 11.3 Å². The van der Waals surface area contributed by atoms with Crippen LogP contribution in [0.15, 0.2) is 36.1 Å². The molecule has 0 spiro atoms. The fraction of sp³-hybridized carbons (Fsp3) is 0.556. The molecule has 1 aliphatic heterocycles. The average molecular weight is 464 g/mol. The van der Waals surface area contributed by atoms with Crippen molar-refractivity contribution >= 4 is 16.5 Å². The van der Waals surface area contributed by atoms with E-state index in [1.807, 2.05) is 12.5 Å². The molecule has 0 saturated carbocycles. The molecule has 0 bridgehead atoms. The Morgan fingerprint density at radius 3 is 2.48 bits per heavy atom. The second kappa shape index (κ2) is 8.55. The van der Waals surface area contributed by atoms with Gasteiger partial charge in [-0.3, -0.25) is 0 Å². The van der Waals surface area contributed by atoms with E-state index in [-0.39, 0.29) is 10.8 Å². The Hall–Kier alpha value is -2.18. The van der Waals surface area contributed by atoms with Gasteiger partial charge in [0.1, 0.15) is 0 Å². The normalized spacial score (nSPS) is 20.1. The number of thiazole rings is 1. The third-order valence-corrected chi connectivity index (χ3v) is 8.80. The number of rotatable bonds is 5. The Morgan fingerprint density at radius 2 is 1.79 bits per heavy atom. The van der Waals surface area contributed by atoms with E-state index in [2.05, 4.69) is 78.1 Å². The summed E-state index contributed by atoms with van der Waals surface area (Å²) in [5, 5.41) is 7.11. The Kier molecular flexibility index (Phi) is 5.86. The van der Waals surface area contributed by atoms with Gasteiger partial charge in [0.05, 0.1) is 17.7 Å². The second-order valence-corrected chi connectivity index (χ2v) is 12.0. The van der Waals surface area contributed by atoms with Gasteiger partial charge in [-0.2, -0.15) is 0 Å². The molecule has 6 heteroatoms. The number of anilines is 1. The number of nitrogens with one attached hydrogen (secondary N) is 1. The minimum atomic E-state index is 0.226. The van der Waals surface area contributed by atoms with Gasteiger partial charge in [0.15, 0.2) is 5.13 Å². The molecule has 1 saturated heterocycles. The van der Waals surface area contributed by atoms with Crippen LogP contribution in [-0.4, -0.2) is 33.7 Å². The van der Waals surface area contributed by atoms with Crippen molar-refractivity contribution in [2.24, 2.45) is 7.05 Å². The Morgan fingerprint density at radius 1 is 1.06 bits per heavy atom. The molecular weight excluding hydrogens is 426 g/mol. The highest BCUT2D eigenvalue weighted by molar-refractivity contribution is 7.14. The summed E-state index contributed by atoms with van der Waals surface area (Å²) in [7, 11) is 2.05. The third-order valence-electron chi connectivity index (χ3n) is 7.89. The summed E-state index contributed by atoms with van der Waals surface area (Å²) in [6.45, 7) is 12.6. The van der Waals surface area contributed by atoms with Crippen molar-refractivity contribution in [1.82, 2.24) is 19.9 Å². The first kappa shape index (κ1) is 22.6. The number of hydrogen-bond acceptors (Lipinski definition) is 5. The first-order valence-corrected chi connectivity index (χ1v) is 13.2. The number of benzene rings is 1. The summed E-state index contributed by atoms with van der Waals surface area (Å²) < 4.78 is 2.09. The molecule has 176 valence electrons. The Balaban J connectivity index is 1.25. The van der Waals surface area contributed by atoms with Crippen LogP contribution >= 0.6 is 11.3 Å². The highest BCUT2D eigenvalue weighted by Gasteiger charge is 2.37. The van der Waals surface area contributed by atoms with Crippen molar-refractivity contribution in [3.8, 4) is 11.3 Å². The summed E-state index contributed by atoms with van der Waals surface area (Å²) in [4.78, 5) is 11.7. The molecule has 2 aliphatic rings. The van der Waals surface area contributed by atoms with Crippen molar-refractivity contribution in [2.45, 2.75) is 76.8 Å². The third kappa shape index (κ3) is 4.47. The molecule has 3 aromatic rings. The van der Waals surface area contributed by atoms with Crippen LogP contribution < -0.4 is 10.2 Å². The molecule has 5 nitrogen and oxygen atoms in total. The van der Waals surface area contributed by atoms with Crippen LogP contribution in [0, 0.1) is 0 Å². The number of fused-ring (bicyclic) bond motifs is 1. The minimum Gasteiger partial charge on any atom is -0.348 e. The zero-order valence-corrected chi connectivity index (χ0v) is 21.5. The zero-order chi connectivity index (χ0) is 23.2. The van der Waals surface area contributed by atoms with Gasteiger partial charge in [-0.05, 0) is 53.7 Å². The van der Waals surface area contributed by atoms with E-state index < -0.39 is 0 Å². The molecule has 1 aromatic carbocycles. The van der Waals surface area contributed by atoms with E-state index in [1.165, 1.54) is 35.2 Å². The second-order valence-electron chi connectivity index (χ2n) is 11.2. The molecule has 5 rings (SSSR count). The summed E-state index contributed by atoms with van der Waals surface area (Å²) in [6.07, 6.45) is 8.60. The maximum absolute atomic E-state index is 5.07. The fourth-order valence-corrected chi connectivity index (χ4v) is 6.26. The van der Waals surface area contributed by atoms with E-state index in [0.29, 0.717) is 6.04 Å². The number of aromatic nitrogens is 3. The van der Waals surface area contributed by atoms with Gasteiger partial charge in [-0.25, -0.2) is 9.97 Å². The molecule has 1 N–H and O–H groups in total. The van der Waals surface area contributed by atoms with Crippen LogP contribution in [0.2, 0.25) is 0 Å². The number of imidazole rings is 1. The quantitative estimate of drug-likeness (QED) is 0.531. The largest absolute Gasteiger partial charge is 0.348 e. The molecule has 0 amide bonds. The molecule has 1 fully saturated rings. The monoisotopic (exact) mass is 463 g/mol. The van der Waals surface area contributed by atoms with E-state index in [1.54, 1.807) is 11.3 Å². The standard InChI is InChI=1S/C27H37N5S/c1-26(2)10-11-27(3,4)23-14-19(6-7-22(23)26)24-17-33-25(30-24)32-12-8-20(9-13-32)29-16-21-15-28-18-31(21)5/h6-7,14-15,17-18,20,29H,8-13,16H2,1-5H3. The SMILES string of the molecule is Cn1cncc1CNC1CCN(c2nc(-c3ccc4c(c3)C(C)(C)CCC4(C)C)cs2)CC1. The first-order valence-electron chi connectivity index (χ1n) is 12.3. The molecule has 1 aliphatic carbocycles. The summed E-state index contributed by atoms with van der Waals surface area (Å²) in [5.74, 6) is 0. The summed E-state index contributed by atoms with van der Waals surface area (Å²) >= 11 is 1.79. The van der Waals surface area contributed by atoms with Gasteiger partial charge in [0.25, 0.3) is 0 Å². The molecule has 0 atom stereocenters. The van der Waals surface area contributed by atoms with Crippen molar-refractivity contribution < 1.29 is 0 Å². The smallest absolute Gasteiger partial charge is 0.185 e. The molecule has 2 aromatic heterocycles. The lowest BCUT2D eigenvalue weighted by Gasteiger charge is -2.42. The fourth-order valence-electron chi connectivity index (χ4n) is 5.37. The molecule has 3 heterocycles. The number of aryl methyl sites for hydroxylation is 1. The Labute approximate surface area is 202 Å². The van der Waals surface area contributed by atoms with Gasteiger partial charge in [0, 0.05) is 49.9 Å².